The summed E-state index contributed by atoms with van der Waals surface area (Å²) in [6.07, 6.45) is -1.59. The van der Waals surface area contributed by atoms with Crippen molar-refractivity contribution in [3.05, 3.63) is 70.6 Å². The number of aryl methyl sites for hydroxylation is 1. The van der Waals surface area contributed by atoms with Gasteiger partial charge in [-0.2, -0.15) is 18.3 Å². The van der Waals surface area contributed by atoms with E-state index in [1.807, 2.05) is 24.3 Å². The molecule has 0 spiro atoms. The summed E-state index contributed by atoms with van der Waals surface area (Å²) < 4.78 is 35.3. The van der Waals surface area contributed by atoms with Crippen molar-refractivity contribution in [3.63, 3.8) is 0 Å². The number of carbonyl (C=O) groups is 1. The van der Waals surface area contributed by atoms with E-state index in [4.69, 9.17) is 9.90 Å². The first-order chi connectivity index (χ1) is 15.7. The molecule has 4 heterocycles. The Labute approximate surface area is 192 Å². The quantitative estimate of drug-likeness (QED) is 0.350. The van der Waals surface area contributed by atoms with Gasteiger partial charge < -0.3 is 5.11 Å². The van der Waals surface area contributed by atoms with E-state index in [2.05, 4.69) is 33.7 Å². The maximum absolute atomic E-state index is 12.9. The van der Waals surface area contributed by atoms with Gasteiger partial charge in [0.05, 0.1) is 10.1 Å². The first-order valence-electron chi connectivity index (χ1n) is 9.35. The molecule has 0 aliphatic heterocycles. The van der Waals surface area contributed by atoms with E-state index < -0.39 is 12.1 Å². The van der Waals surface area contributed by atoms with Gasteiger partial charge in [0.25, 0.3) is 5.56 Å². The van der Waals surface area contributed by atoms with Gasteiger partial charge in [-0.15, -0.1) is 22.7 Å². The van der Waals surface area contributed by atoms with E-state index in [1.54, 1.807) is 42.1 Å². The van der Waals surface area contributed by atoms with Crippen LogP contribution in [0.5, 0.6) is 0 Å². The average Bonchev–Trinajstić information content (AvgIpc) is 3.41. The van der Waals surface area contributed by atoms with Gasteiger partial charge in [0.1, 0.15) is 5.69 Å². The van der Waals surface area contributed by atoms with Crippen LogP contribution in [-0.4, -0.2) is 32.0 Å². The third-order valence-corrected chi connectivity index (χ3v) is 6.79. The molecule has 5 rings (SSSR count). The zero-order valence-corrected chi connectivity index (χ0v) is 18.5. The predicted molar refractivity (Wildman–Crippen MR) is 123 cm³/mol. The Morgan fingerprint density at radius 2 is 1.79 bits per heavy atom. The number of thiophene rings is 2. The number of hydrogen-bond donors (Lipinski definition) is 1. The van der Waals surface area contributed by atoms with E-state index in [-0.39, 0.29) is 5.56 Å². The topological polar surface area (TPSA) is 85.1 Å². The molecule has 11 heteroatoms. The van der Waals surface area contributed by atoms with Crippen molar-refractivity contribution >= 4 is 48.8 Å². The minimum absolute atomic E-state index is 0.0634. The van der Waals surface area contributed by atoms with Crippen LogP contribution in [0, 0.1) is 0 Å². The van der Waals surface area contributed by atoms with Gasteiger partial charge in [0.15, 0.2) is 0 Å². The highest BCUT2D eigenvalue weighted by Gasteiger charge is 2.38. The second-order valence-electron chi connectivity index (χ2n) is 6.82. The smallest absolute Gasteiger partial charge is 0.475 e. The van der Waals surface area contributed by atoms with Gasteiger partial charge in [0.2, 0.25) is 0 Å². The summed E-state index contributed by atoms with van der Waals surface area (Å²) in [5, 5.41) is 15.7. The van der Waals surface area contributed by atoms with Crippen molar-refractivity contribution < 1.29 is 23.1 Å². The highest BCUT2D eigenvalue weighted by atomic mass is 32.1. The Hall–Kier alpha value is -3.57. The molecule has 33 heavy (non-hydrogen) atoms. The van der Waals surface area contributed by atoms with Crippen LogP contribution in [0.4, 0.5) is 13.2 Å². The van der Waals surface area contributed by atoms with E-state index in [9.17, 15) is 18.0 Å². The Morgan fingerprint density at radius 3 is 2.42 bits per heavy atom. The standard InChI is InChI=1S/C20H13N3OS2.C2HF3O2/c1-23-20(24)17-14(16-10-13-4-2-3-5-15(13)26-16)11-25-19(17)18(22-23)12-6-8-21-9-7-12;3-2(4,5)1(6)7/h2-11H,1H3;(H,6,7). The first kappa shape index (κ1) is 22.6. The van der Waals surface area contributed by atoms with Crippen LogP contribution < -0.4 is 5.56 Å². The number of pyridine rings is 1. The van der Waals surface area contributed by atoms with Crippen LogP contribution in [-0.2, 0) is 11.8 Å². The molecule has 4 aromatic heterocycles. The largest absolute Gasteiger partial charge is 0.490 e. The molecule has 0 fully saturated rings. The molecular formula is C22H14F3N3O3S2. The molecule has 0 bridgehead atoms. The van der Waals surface area contributed by atoms with Crippen LogP contribution in [0.1, 0.15) is 0 Å². The zero-order chi connectivity index (χ0) is 23.8. The SMILES string of the molecule is Cn1nc(-c2ccncc2)c2scc(-c3cc4ccccc4s3)c2c1=O.O=C(O)C(F)(F)F. The molecular weight excluding hydrogens is 475 g/mol. The highest BCUT2D eigenvalue weighted by molar-refractivity contribution is 7.23. The maximum Gasteiger partial charge on any atom is 0.490 e. The van der Waals surface area contributed by atoms with Crippen LogP contribution in [0.15, 0.2) is 65.0 Å². The average molecular weight is 490 g/mol. The van der Waals surface area contributed by atoms with Crippen LogP contribution in [0.3, 0.4) is 0 Å². The molecule has 0 aliphatic rings. The number of nitrogens with zero attached hydrogens (tertiary/aromatic N) is 3. The number of hydrogen-bond acceptors (Lipinski definition) is 6. The molecule has 5 aromatic rings. The Morgan fingerprint density at radius 1 is 1.12 bits per heavy atom. The van der Waals surface area contributed by atoms with Gasteiger partial charge in [-0.3, -0.25) is 9.78 Å². The molecule has 0 unspecified atom stereocenters. The van der Waals surface area contributed by atoms with E-state index in [0.29, 0.717) is 0 Å². The van der Waals surface area contributed by atoms with Crippen molar-refractivity contribution in [1.82, 2.24) is 14.8 Å². The third-order valence-electron chi connectivity index (χ3n) is 4.65. The Balaban J connectivity index is 0.000000325. The lowest BCUT2D eigenvalue weighted by atomic mass is 10.1. The maximum atomic E-state index is 12.9. The fraction of sp³-hybridized carbons (Fsp3) is 0.0909. The second kappa shape index (κ2) is 8.75. The highest BCUT2D eigenvalue weighted by Crippen LogP contribution is 2.41. The van der Waals surface area contributed by atoms with Crippen molar-refractivity contribution in [1.29, 1.82) is 0 Å². The number of rotatable bonds is 2. The molecule has 0 atom stereocenters. The number of aromatic nitrogens is 3. The number of benzene rings is 1. The Kier molecular flexibility index (Phi) is 6.00. The normalized spacial score (nSPS) is 11.4. The number of carboxylic acid groups (broad SMARTS) is 1. The third kappa shape index (κ3) is 4.50. The van der Waals surface area contributed by atoms with E-state index in [0.717, 1.165) is 31.8 Å². The van der Waals surface area contributed by atoms with Crippen molar-refractivity contribution in [2.45, 2.75) is 6.18 Å². The monoisotopic (exact) mass is 489 g/mol. The van der Waals surface area contributed by atoms with Crippen LogP contribution in [0.25, 0.3) is 41.9 Å². The van der Waals surface area contributed by atoms with Crippen molar-refractivity contribution in [2.75, 3.05) is 0 Å². The number of carboxylic acids is 1. The minimum Gasteiger partial charge on any atom is -0.475 e. The summed E-state index contributed by atoms with van der Waals surface area (Å²) >= 11 is 3.29. The molecule has 6 nitrogen and oxygen atoms in total. The number of halogens is 3. The van der Waals surface area contributed by atoms with Gasteiger partial charge in [-0.1, -0.05) is 18.2 Å². The summed E-state index contributed by atoms with van der Waals surface area (Å²) in [7, 11) is 1.71. The van der Waals surface area contributed by atoms with E-state index in [1.165, 1.54) is 14.8 Å². The first-order valence-corrected chi connectivity index (χ1v) is 11.0. The van der Waals surface area contributed by atoms with Gasteiger partial charge >= 0.3 is 12.1 Å². The van der Waals surface area contributed by atoms with Crippen molar-refractivity contribution in [2.24, 2.45) is 7.05 Å². The zero-order valence-electron chi connectivity index (χ0n) is 16.8. The summed E-state index contributed by atoms with van der Waals surface area (Å²) in [6.45, 7) is 0. The Bertz CT molecular complexity index is 1490. The lowest BCUT2D eigenvalue weighted by Crippen LogP contribution is -2.21. The molecule has 0 saturated carbocycles. The van der Waals surface area contributed by atoms with E-state index >= 15 is 0 Å². The molecule has 0 radical (unpaired) electrons. The predicted octanol–water partition coefficient (Wildman–Crippen LogP) is 5.57. The number of aliphatic carboxylic acids is 1. The molecule has 1 N–H and O–H groups in total. The lowest BCUT2D eigenvalue weighted by molar-refractivity contribution is -0.192. The van der Waals surface area contributed by atoms with Gasteiger partial charge in [-0.25, -0.2) is 9.48 Å². The summed E-state index contributed by atoms with van der Waals surface area (Å²) in [5.41, 5.74) is 2.71. The second-order valence-corrected chi connectivity index (χ2v) is 8.78. The molecule has 0 aliphatic carbocycles. The van der Waals surface area contributed by atoms with Crippen LogP contribution in [0.2, 0.25) is 0 Å². The molecule has 168 valence electrons. The van der Waals surface area contributed by atoms with Crippen molar-refractivity contribution in [3.8, 4) is 21.7 Å². The minimum atomic E-state index is -5.08. The molecule has 0 saturated heterocycles. The fourth-order valence-electron chi connectivity index (χ4n) is 3.14. The van der Waals surface area contributed by atoms with Crippen LogP contribution >= 0.6 is 22.7 Å². The summed E-state index contributed by atoms with van der Waals surface area (Å²) in [5.74, 6) is -2.76. The number of fused-ring (bicyclic) bond motifs is 2. The number of alkyl halides is 3. The lowest BCUT2D eigenvalue weighted by Gasteiger charge is -2.05. The van der Waals surface area contributed by atoms with Gasteiger partial charge in [0, 0.05) is 45.5 Å². The molecule has 0 amide bonds. The summed E-state index contributed by atoms with van der Waals surface area (Å²) in [6, 6.07) is 14.3. The summed E-state index contributed by atoms with van der Waals surface area (Å²) in [4.78, 5) is 27.0. The molecule has 1 aromatic carbocycles. The van der Waals surface area contributed by atoms with Gasteiger partial charge in [-0.05, 0) is 29.7 Å². The fourth-order valence-corrected chi connectivity index (χ4v) is 5.37.